The number of hydrogen-bond donors (Lipinski definition) is 0. The molecule has 76 valence electrons. The molecule has 2 rings (SSSR count). The van der Waals surface area contributed by atoms with Gasteiger partial charge >= 0.3 is 0 Å². The van der Waals surface area contributed by atoms with Crippen molar-refractivity contribution in [1.29, 1.82) is 0 Å². The van der Waals surface area contributed by atoms with Crippen LogP contribution in [-0.4, -0.2) is 9.91 Å². The molecule has 0 fully saturated rings. The summed E-state index contributed by atoms with van der Waals surface area (Å²) in [5, 5.41) is 10.5. The van der Waals surface area contributed by atoms with Gasteiger partial charge in [-0.15, -0.1) is 0 Å². The number of pyridine rings is 1. The van der Waals surface area contributed by atoms with Crippen molar-refractivity contribution in [3.8, 4) is 0 Å². The maximum Gasteiger partial charge on any atom is 0.265 e. The molecule has 1 aliphatic carbocycles. The van der Waals surface area contributed by atoms with Crippen molar-refractivity contribution in [2.24, 2.45) is 0 Å². The van der Waals surface area contributed by atoms with E-state index in [9.17, 15) is 10.1 Å². The third-order valence-electron chi connectivity index (χ3n) is 2.40. The van der Waals surface area contributed by atoms with E-state index in [0.717, 1.165) is 5.56 Å². The lowest BCUT2D eigenvalue weighted by atomic mass is 9.93. The third kappa shape index (κ3) is 2.10. The van der Waals surface area contributed by atoms with Crippen molar-refractivity contribution >= 4 is 0 Å². The van der Waals surface area contributed by atoms with E-state index in [-0.39, 0.29) is 16.5 Å². The van der Waals surface area contributed by atoms with Crippen LogP contribution in [0.5, 0.6) is 0 Å². The molecule has 0 aliphatic heterocycles. The molecule has 4 nitrogen and oxygen atoms in total. The van der Waals surface area contributed by atoms with E-state index >= 15 is 0 Å². The van der Waals surface area contributed by atoms with Gasteiger partial charge in [0.05, 0.1) is 4.92 Å². The minimum absolute atomic E-state index is 0.176. The second-order valence-electron chi connectivity index (χ2n) is 3.37. The zero-order valence-corrected chi connectivity index (χ0v) is 8.04. The summed E-state index contributed by atoms with van der Waals surface area (Å²) in [6, 6.07) is 3.85. The fourth-order valence-electron chi connectivity index (χ4n) is 1.59. The Morgan fingerprint density at radius 1 is 1.53 bits per heavy atom. The molecule has 0 N–H and O–H groups in total. The average Bonchev–Trinajstić information content (AvgIpc) is 2.30. The first-order chi connectivity index (χ1) is 7.27. The molecule has 0 aromatic carbocycles. The molecule has 0 saturated carbocycles. The van der Waals surface area contributed by atoms with Crippen molar-refractivity contribution < 1.29 is 4.92 Å². The van der Waals surface area contributed by atoms with Crippen molar-refractivity contribution in [1.82, 2.24) is 4.98 Å². The van der Waals surface area contributed by atoms with Gasteiger partial charge in [0.1, 0.15) is 0 Å². The summed E-state index contributed by atoms with van der Waals surface area (Å²) in [7, 11) is 0. The van der Waals surface area contributed by atoms with Gasteiger partial charge in [-0.25, -0.2) is 0 Å². The molecule has 4 heteroatoms. The zero-order chi connectivity index (χ0) is 10.7. The highest BCUT2D eigenvalue weighted by atomic mass is 16.6. The summed E-state index contributed by atoms with van der Waals surface area (Å²) in [5.74, 6) is 0.211. The number of hydrogen-bond acceptors (Lipinski definition) is 3. The Hall–Kier alpha value is -1.97. The molecule has 1 aromatic heterocycles. The first kappa shape index (κ1) is 9.58. The highest BCUT2D eigenvalue weighted by Gasteiger charge is 2.16. The molecule has 1 aliphatic rings. The van der Waals surface area contributed by atoms with Crippen LogP contribution in [0.25, 0.3) is 0 Å². The van der Waals surface area contributed by atoms with Crippen LogP contribution in [0, 0.1) is 10.1 Å². The highest BCUT2D eigenvalue weighted by molar-refractivity contribution is 5.28. The summed E-state index contributed by atoms with van der Waals surface area (Å²) in [6.45, 7) is 0. The van der Waals surface area contributed by atoms with Crippen molar-refractivity contribution in [3.63, 3.8) is 0 Å². The molecule has 0 spiro atoms. The van der Waals surface area contributed by atoms with E-state index < -0.39 is 0 Å². The van der Waals surface area contributed by atoms with Crippen molar-refractivity contribution in [2.75, 3.05) is 0 Å². The number of rotatable bonds is 2. The lowest BCUT2D eigenvalue weighted by Gasteiger charge is -2.12. The monoisotopic (exact) mass is 202 g/mol. The average molecular weight is 202 g/mol. The third-order valence-corrected chi connectivity index (χ3v) is 2.40. The fourth-order valence-corrected chi connectivity index (χ4v) is 1.59. The maximum absolute atomic E-state index is 10.5. The molecule has 1 unspecified atom stereocenters. The normalized spacial score (nSPS) is 19.7. The predicted molar refractivity (Wildman–Crippen MR) is 55.8 cm³/mol. The van der Waals surface area contributed by atoms with E-state index in [0.29, 0.717) is 6.42 Å². The largest absolute Gasteiger partial charge is 0.265 e. The molecular formula is C11H10N2O2. The topological polar surface area (TPSA) is 56.0 Å². The second-order valence-corrected chi connectivity index (χ2v) is 3.37. The van der Waals surface area contributed by atoms with Crippen molar-refractivity contribution in [2.45, 2.75) is 12.3 Å². The van der Waals surface area contributed by atoms with Crippen LogP contribution in [0.15, 0.2) is 48.5 Å². The van der Waals surface area contributed by atoms with E-state index in [4.69, 9.17) is 0 Å². The molecule has 15 heavy (non-hydrogen) atoms. The van der Waals surface area contributed by atoms with E-state index in [1.54, 1.807) is 24.5 Å². The molecule has 1 aromatic rings. The van der Waals surface area contributed by atoms with E-state index in [1.165, 1.54) is 0 Å². The lowest BCUT2D eigenvalue weighted by molar-refractivity contribution is -0.419. The molecule has 1 heterocycles. The summed E-state index contributed by atoms with van der Waals surface area (Å²) in [6.07, 6.45) is 9.24. The molecule has 0 radical (unpaired) electrons. The van der Waals surface area contributed by atoms with Crippen LogP contribution in [-0.2, 0) is 0 Å². The van der Waals surface area contributed by atoms with E-state index in [1.807, 2.05) is 18.2 Å². The molecule has 0 bridgehead atoms. The van der Waals surface area contributed by atoms with Gasteiger partial charge in [-0.3, -0.25) is 15.1 Å². The fraction of sp³-hybridized carbons (Fsp3) is 0.182. The quantitative estimate of drug-likeness (QED) is 0.546. The Morgan fingerprint density at radius 2 is 2.40 bits per heavy atom. The Kier molecular flexibility index (Phi) is 2.58. The van der Waals surface area contributed by atoms with Gasteiger partial charge in [-0.2, -0.15) is 0 Å². The van der Waals surface area contributed by atoms with Gasteiger partial charge in [0.15, 0.2) is 0 Å². The van der Waals surface area contributed by atoms with Crippen molar-refractivity contribution in [3.05, 3.63) is 64.1 Å². The number of nitro groups is 1. The van der Waals surface area contributed by atoms with Crippen LogP contribution >= 0.6 is 0 Å². The van der Waals surface area contributed by atoms with E-state index in [2.05, 4.69) is 4.98 Å². The molecular weight excluding hydrogens is 192 g/mol. The molecule has 0 amide bonds. The van der Waals surface area contributed by atoms with Gasteiger partial charge in [-0.1, -0.05) is 12.1 Å². The summed E-state index contributed by atoms with van der Waals surface area (Å²) < 4.78 is 0. The van der Waals surface area contributed by atoms with Gasteiger partial charge < -0.3 is 0 Å². The van der Waals surface area contributed by atoms with Crippen LogP contribution < -0.4 is 0 Å². The number of aromatic nitrogens is 1. The predicted octanol–water partition coefficient (Wildman–Crippen LogP) is 2.29. The zero-order valence-electron chi connectivity index (χ0n) is 8.04. The SMILES string of the molecule is O=[N+]([O-])C1=CCC(c2cccnc2)C=C1. The summed E-state index contributed by atoms with van der Waals surface area (Å²) >= 11 is 0. The number of nitrogens with zero attached hydrogens (tertiary/aromatic N) is 2. The summed E-state index contributed by atoms with van der Waals surface area (Å²) in [5.41, 5.74) is 1.27. The smallest absolute Gasteiger partial charge is 0.264 e. The molecule has 0 saturated heterocycles. The van der Waals surface area contributed by atoms with Crippen LogP contribution in [0.3, 0.4) is 0 Å². The maximum atomic E-state index is 10.5. The minimum Gasteiger partial charge on any atom is -0.264 e. The Bertz CT molecular complexity index is 423. The Labute approximate surface area is 87.1 Å². The summed E-state index contributed by atoms with van der Waals surface area (Å²) in [4.78, 5) is 14.1. The Morgan fingerprint density at radius 3 is 2.93 bits per heavy atom. The highest BCUT2D eigenvalue weighted by Crippen LogP contribution is 2.25. The first-order valence-corrected chi connectivity index (χ1v) is 4.70. The van der Waals surface area contributed by atoms with Gasteiger partial charge in [0, 0.05) is 24.4 Å². The molecule has 1 atom stereocenters. The lowest BCUT2D eigenvalue weighted by Crippen LogP contribution is -2.03. The Balaban J connectivity index is 2.14. The van der Waals surface area contributed by atoms with Gasteiger partial charge in [0.25, 0.3) is 5.70 Å². The van der Waals surface area contributed by atoms with Crippen LogP contribution in [0.4, 0.5) is 0 Å². The van der Waals surface area contributed by atoms with Crippen LogP contribution in [0.2, 0.25) is 0 Å². The van der Waals surface area contributed by atoms with Gasteiger partial charge in [0.2, 0.25) is 0 Å². The minimum atomic E-state index is -0.365. The van der Waals surface area contributed by atoms with Gasteiger partial charge in [-0.05, 0) is 24.1 Å². The van der Waals surface area contributed by atoms with Crippen LogP contribution in [0.1, 0.15) is 17.9 Å². The first-order valence-electron chi connectivity index (χ1n) is 4.70. The number of allylic oxidation sites excluding steroid dienone is 3. The standard InChI is InChI=1S/C11H10N2O2/c14-13(15)11-5-3-9(4-6-11)10-2-1-7-12-8-10/h1-3,5-9H,4H2. The second kappa shape index (κ2) is 4.04.